The fourth-order valence-electron chi connectivity index (χ4n) is 3.11. The molecule has 0 saturated heterocycles. The van der Waals surface area contributed by atoms with E-state index in [4.69, 9.17) is 4.52 Å². The molecule has 0 saturated carbocycles. The van der Waals surface area contributed by atoms with E-state index in [9.17, 15) is 9.46 Å². The zero-order chi connectivity index (χ0) is 18.4. The minimum absolute atomic E-state index is 0.0966. The highest BCUT2D eigenvalue weighted by Crippen LogP contribution is 2.45. The molecule has 1 aromatic rings. The predicted octanol–water partition coefficient (Wildman–Crippen LogP) is 6.87. The van der Waals surface area contributed by atoms with Gasteiger partial charge in [0, 0.05) is 0 Å². The Kier molecular flexibility index (Phi) is 12.2. The minimum atomic E-state index is -3.48. The van der Waals surface area contributed by atoms with Crippen molar-refractivity contribution >= 4 is 7.60 Å². The van der Waals surface area contributed by atoms with Gasteiger partial charge in [-0.05, 0) is 30.9 Å². The van der Waals surface area contributed by atoms with Crippen molar-refractivity contribution in [3.8, 4) is 0 Å². The van der Waals surface area contributed by atoms with Gasteiger partial charge < -0.3 is 9.42 Å². The van der Waals surface area contributed by atoms with E-state index < -0.39 is 7.60 Å². The summed E-state index contributed by atoms with van der Waals surface area (Å²) in [5.41, 5.74) is 2.18. The summed E-state index contributed by atoms with van der Waals surface area (Å²) in [7, 11) is -3.48. The maximum Gasteiger partial charge on any atom is 0.332 e. The summed E-state index contributed by atoms with van der Waals surface area (Å²) in [6, 6.07) is 8.06. The van der Waals surface area contributed by atoms with Crippen LogP contribution in [0.3, 0.4) is 0 Å². The maximum atomic E-state index is 11.8. The van der Waals surface area contributed by atoms with Gasteiger partial charge in [-0.25, -0.2) is 0 Å². The molecule has 0 aliphatic carbocycles. The van der Waals surface area contributed by atoms with Crippen LogP contribution in [-0.2, 0) is 21.7 Å². The molecule has 25 heavy (non-hydrogen) atoms. The average molecular weight is 368 g/mol. The highest BCUT2D eigenvalue weighted by atomic mass is 31.2. The molecule has 0 aliphatic heterocycles. The topological polar surface area (TPSA) is 46.5 Å². The van der Waals surface area contributed by atoms with Crippen LogP contribution in [0.15, 0.2) is 24.3 Å². The number of benzene rings is 1. The van der Waals surface area contributed by atoms with Crippen LogP contribution in [0.5, 0.6) is 0 Å². The lowest BCUT2D eigenvalue weighted by molar-refractivity contribution is 0.272. The second-order valence-electron chi connectivity index (χ2n) is 6.96. The van der Waals surface area contributed by atoms with Crippen molar-refractivity contribution in [2.45, 2.75) is 90.6 Å². The molecule has 0 amide bonds. The number of hydrogen-bond donors (Lipinski definition) is 1. The van der Waals surface area contributed by atoms with Gasteiger partial charge >= 0.3 is 7.60 Å². The van der Waals surface area contributed by atoms with E-state index in [1.54, 1.807) is 6.92 Å². The lowest BCUT2D eigenvalue weighted by Gasteiger charge is -2.11. The average Bonchev–Trinajstić information content (AvgIpc) is 2.57. The molecule has 0 bridgehead atoms. The minimum Gasteiger partial charge on any atom is -0.324 e. The molecule has 1 unspecified atom stereocenters. The van der Waals surface area contributed by atoms with Crippen LogP contribution in [0.25, 0.3) is 0 Å². The summed E-state index contributed by atoms with van der Waals surface area (Å²) in [5.74, 6) is 0. The van der Waals surface area contributed by atoms with Crippen molar-refractivity contribution in [3.63, 3.8) is 0 Å². The van der Waals surface area contributed by atoms with Crippen molar-refractivity contribution in [2.24, 2.45) is 0 Å². The van der Waals surface area contributed by atoms with Crippen molar-refractivity contribution in [2.75, 3.05) is 6.61 Å². The SMILES string of the molecule is CCCCCCCCCCCCc1ccc(CP(=O)(O)OCC)cc1. The summed E-state index contributed by atoms with van der Waals surface area (Å²) >= 11 is 0. The van der Waals surface area contributed by atoms with Gasteiger partial charge in [-0.2, -0.15) is 0 Å². The van der Waals surface area contributed by atoms with Crippen LogP contribution in [0.2, 0.25) is 0 Å². The Balaban J connectivity index is 2.11. The molecule has 0 radical (unpaired) electrons. The first-order valence-electron chi connectivity index (χ1n) is 10.1. The molecule has 1 atom stereocenters. The third kappa shape index (κ3) is 11.6. The third-order valence-corrected chi connectivity index (χ3v) is 5.98. The first kappa shape index (κ1) is 22.4. The summed E-state index contributed by atoms with van der Waals surface area (Å²) in [4.78, 5) is 9.68. The Morgan fingerprint density at radius 1 is 0.800 bits per heavy atom. The van der Waals surface area contributed by atoms with Gasteiger partial charge in [-0.1, -0.05) is 89.0 Å². The van der Waals surface area contributed by atoms with Gasteiger partial charge in [-0.3, -0.25) is 4.57 Å². The lowest BCUT2D eigenvalue weighted by atomic mass is 10.0. The van der Waals surface area contributed by atoms with E-state index in [1.165, 1.54) is 69.8 Å². The highest BCUT2D eigenvalue weighted by molar-refractivity contribution is 7.51. The molecule has 0 heterocycles. The van der Waals surface area contributed by atoms with Gasteiger partial charge in [0.25, 0.3) is 0 Å². The Hall–Kier alpha value is -0.630. The Labute approximate surface area is 154 Å². The zero-order valence-corrected chi connectivity index (χ0v) is 17.1. The molecule has 0 spiro atoms. The van der Waals surface area contributed by atoms with Gasteiger partial charge in [-0.15, -0.1) is 0 Å². The Morgan fingerprint density at radius 2 is 1.28 bits per heavy atom. The van der Waals surface area contributed by atoms with E-state index in [-0.39, 0.29) is 12.8 Å². The van der Waals surface area contributed by atoms with E-state index in [0.29, 0.717) is 0 Å². The number of hydrogen-bond acceptors (Lipinski definition) is 2. The normalized spacial score (nSPS) is 13.7. The van der Waals surface area contributed by atoms with E-state index in [2.05, 4.69) is 19.1 Å². The predicted molar refractivity (Wildman–Crippen MR) is 107 cm³/mol. The zero-order valence-electron chi connectivity index (χ0n) is 16.2. The number of unbranched alkanes of at least 4 members (excludes halogenated alkanes) is 9. The van der Waals surface area contributed by atoms with E-state index in [0.717, 1.165) is 12.0 Å². The van der Waals surface area contributed by atoms with Gasteiger partial charge in [0.1, 0.15) is 0 Å². The smallest absolute Gasteiger partial charge is 0.324 e. The fourth-order valence-corrected chi connectivity index (χ4v) is 4.27. The molecule has 1 aromatic carbocycles. The fraction of sp³-hybridized carbons (Fsp3) is 0.714. The van der Waals surface area contributed by atoms with Crippen LogP contribution in [0.4, 0.5) is 0 Å². The first-order chi connectivity index (χ1) is 12.1. The molecule has 0 aromatic heterocycles. The van der Waals surface area contributed by atoms with Crippen LogP contribution in [0.1, 0.15) is 89.2 Å². The molecule has 1 rings (SSSR count). The monoisotopic (exact) mass is 368 g/mol. The molecule has 144 valence electrons. The quantitative estimate of drug-likeness (QED) is 0.271. The summed E-state index contributed by atoms with van der Waals surface area (Å²) in [6.45, 7) is 4.27. The second-order valence-corrected chi connectivity index (χ2v) is 8.81. The van der Waals surface area contributed by atoms with E-state index in [1.807, 2.05) is 12.1 Å². The van der Waals surface area contributed by atoms with Crippen molar-refractivity contribution < 1.29 is 14.0 Å². The molecule has 0 fully saturated rings. The number of rotatable bonds is 15. The third-order valence-electron chi connectivity index (χ3n) is 4.56. The van der Waals surface area contributed by atoms with Gasteiger partial charge in [0.05, 0.1) is 12.8 Å². The molecular weight excluding hydrogens is 331 g/mol. The largest absolute Gasteiger partial charge is 0.332 e. The van der Waals surface area contributed by atoms with Crippen molar-refractivity contribution in [1.82, 2.24) is 0 Å². The highest BCUT2D eigenvalue weighted by Gasteiger charge is 2.18. The molecular formula is C21H37O3P. The lowest BCUT2D eigenvalue weighted by Crippen LogP contribution is -1.94. The van der Waals surface area contributed by atoms with Gasteiger partial charge in [0.2, 0.25) is 0 Å². The van der Waals surface area contributed by atoms with E-state index >= 15 is 0 Å². The first-order valence-corrected chi connectivity index (χ1v) is 11.9. The Morgan fingerprint density at radius 3 is 1.80 bits per heavy atom. The molecule has 1 N–H and O–H groups in total. The summed E-state index contributed by atoms with van der Waals surface area (Å²) in [6.07, 6.45) is 14.7. The molecule has 0 aliphatic rings. The molecule has 3 nitrogen and oxygen atoms in total. The molecule has 4 heteroatoms. The maximum absolute atomic E-state index is 11.8. The Bertz CT molecular complexity index is 484. The summed E-state index contributed by atoms with van der Waals surface area (Å²) < 4.78 is 16.7. The summed E-state index contributed by atoms with van der Waals surface area (Å²) in [5, 5.41) is 0. The number of aryl methyl sites for hydroxylation is 1. The van der Waals surface area contributed by atoms with Crippen molar-refractivity contribution in [1.29, 1.82) is 0 Å². The van der Waals surface area contributed by atoms with Crippen LogP contribution >= 0.6 is 7.60 Å². The van der Waals surface area contributed by atoms with Crippen molar-refractivity contribution in [3.05, 3.63) is 35.4 Å². The van der Waals surface area contributed by atoms with Gasteiger partial charge in [0.15, 0.2) is 0 Å². The second kappa shape index (κ2) is 13.6. The van der Waals surface area contributed by atoms with Crippen LogP contribution < -0.4 is 0 Å². The van der Waals surface area contributed by atoms with Crippen LogP contribution in [0, 0.1) is 0 Å². The standard InChI is InChI=1S/C21H37O3P/c1-3-5-6-7-8-9-10-11-12-13-14-20-15-17-21(18-16-20)19-25(22,23)24-4-2/h15-18H,3-14,19H2,1-2H3,(H,22,23). The van der Waals surface area contributed by atoms with Crippen LogP contribution in [-0.4, -0.2) is 11.5 Å².